The van der Waals surface area contributed by atoms with E-state index in [-0.39, 0.29) is 5.78 Å². The van der Waals surface area contributed by atoms with E-state index in [1.165, 1.54) is 0 Å². The van der Waals surface area contributed by atoms with E-state index < -0.39 is 0 Å². The van der Waals surface area contributed by atoms with E-state index in [0.29, 0.717) is 17.9 Å². The second kappa shape index (κ2) is 3.48. The predicted octanol–water partition coefficient (Wildman–Crippen LogP) is 2.46. The lowest BCUT2D eigenvalue weighted by Crippen LogP contribution is -2.07. The Bertz CT molecular complexity index is 611. The largest absolute Gasteiger partial charge is 0.488 e. The molecule has 0 radical (unpaired) electrons. The van der Waals surface area contributed by atoms with Crippen molar-refractivity contribution in [3.05, 3.63) is 52.8 Å². The molecule has 1 aromatic carbocycles. The van der Waals surface area contributed by atoms with Crippen molar-refractivity contribution in [2.24, 2.45) is 7.05 Å². The Morgan fingerprint density at radius 1 is 1.29 bits per heavy atom. The molecule has 0 saturated heterocycles. The van der Waals surface area contributed by atoms with Crippen LogP contribution in [-0.2, 0) is 13.7 Å². The summed E-state index contributed by atoms with van der Waals surface area (Å²) in [5.74, 6) is 0.728. The molecule has 0 spiro atoms. The van der Waals surface area contributed by atoms with Crippen LogP contribution < -0.4 is 4.74 Å². The number of ketones is 1. The van der Waals surface area contributed by atoms with Gasteiger partial charge in [0.15, 0.2) is 0 Å². The van der Waals surface area contributed by atoms with Crippen LogP contribution in [0.4, 0.5) is 0 Å². The Balaban J connectivity index is 2.22. The molecule has 0 aliphatic carbocycles. The Morgan fingerprint density at radius 3 is 2.94 bits per heavy atom. The van der Waals surface area contributed by atoms with Crippen molar-refractivity contribution in [2.45, 2.75) is 13.5 Å². The van der Waals surface area contributed by atoms with Crippen LogP contribution in [-0.4, -0.2) is 10.4 Å². The fourth-order valence-corrected chi connectivity index (χ4v) is 2.22. The second-order valence-corrected chi connectivity index (χ2v) is 4.42. The molecule has 3 heteroatoms. The molecule has 1 aromatic heterocycles. The van der Waals surface area contributed by atoms with Gasteiger partial charge in [0.2, 0.25) is 5.78 Å². The van der Waals surface area contributed by atoms with Gasteiger partial charge in [-0.2, -0.15) is 0 Å². The third-order valence-electron chi connectivity index (χ3n) is 3.14. The van der Waals surface area contributed by atoms with Gasteiger partial charge < -0.3 is 9.30 Å². The van der Waals surface area contributed by atoms with Gasteiger partial charge in [-0.05, 0) is 30.7 Å². The zero-order valence-corrected chi connectivity index (χ0v) is 9.86. The molecule has 0 amide bonds. The number of hydrogen-bond donors (Lipinski definition) is 0. The Labute approximate surface area is 99.6 Å². The Morgan fingerprint density at radius 2 is 2.12 bits per heavy atom. The van der Waals surface area contributed by atoms with Gasteiger partial charge >= 0.3 is 0 Å². The minimum atomic E-state index is 0.0417. The van der Waals surface area contributed by atoms with Gasteiger partial charge in [-0.3, -0.25) is 4.79 Å². The summed E-state index contributed by atoms with van der Waals surface area (Å²) in [7, 11) is 1.88. The van der Waals surface area contributed by atoms with Gasteiger partial charge in [0.05, 0.1) is 11.3 Å². The van der Waals surface area contributed by atoms with Gasteiger partial charge in [0, 0.05) is 18.8 Å². The zero-order chi connectivity index (χ0) is 12.0. The van der Waals surface area contributed by atoms with E-state index in [1.54, 1.807) is 0 Å². The highest BCUT2D eigenvalue weighted by Crippen LogP contribution is 2.29. The highest BCUT2D eigenvalue weighted by molar-refractivity contribution is 6.11. The molecule has 3 rings (SSSR count). The lowest BCUT2D eigenvalue weighted by Gasteiger charge is -2.07. The maximum Gasteiger partial charge on any atom is 0.213 e. The smallest absolute Gasteiger partial charge is 0.213 e. The number of aryl methyl sites for hydroxylation is 2. The van der Waals surface area contributed by atoms with E-state index in [9.17, 15) is 4.79 Å². The second-order valence-electron chi connectivity index (χ2n) is 4.42. The molecule has 1 aliphatic rings. The van der Waals surface area contributed by atoms with E-state index in [4.69, 9.17) is 4.74 Å². The lowest BCUT2D eigenvalue weighted by atomic mass is 10.0. The molecule has 0 unspecified atom stereocenters. The summed E-state index contributed by atoms with van der Waals surface area (Å²) in [6, 6.07) is 7.63. The van der Waals surface area contributed by atoms with E-state index in [2.05, 4.69) is 0 Å². The quantitative estimate of drug-likeness (QED) is 0.692. The number of carbonyl (C=O) groups is 1. The summed E-state index contributed by atoms with van der Waals surface area (Å²) < 4.78 is 7.56. The van der Waals surface area contributed by atoms with Crippen LogP contribution in [0.3, 0.4) is 0 Å². The van der Waals surface area contributed by atoms with Gasteiger partial charge in [0.25, 0.3) is 0 Å². The number of carbonyl (C=O) groups excluding carboxylic acids is 1. The molecule has 0 fully saturated rings. The summed E-state index contributed by atoms with van der Waals surface area (Å²) in [6.45, 7) is 2.45. The molecule has 2 heterocycles. The van der Waals surface area contributed by atoms with Gasteiger partial charge in [-0.25, -0.2) is 0 Å². The van der Waals surface area contributed by atoms with Crippen molar-refractivity contribution < 1.29 is 9.53 Å². The van der Waals surface area contributed by atoms with Crippen LogP contribution >= 0.6 is 0 Å². The molecule has 0 atom stereocenters. The van der Waals surface area contributed by atoms with Crippen molar-refractivity contribution in [3.63, 3.8) is 0 Å². The monoisotopic (exact) mass is 227 g/mol. The number of nitrogens with zero attached hydrogens (tertiary/aromatic N) is 1. The van der Waals surface area contributed by atoms with Crippen LogP contribution in [0, 0.1) is 6.92 Å². The van der Waals surface area contributed by atoms with E-state index >= 15 is 0 Å². The topological polar surface area (TPSA) is 31.2 Å². The third kappa shape index (κ3) is 1.46. The molecule has 3 nitrogen and oxygen atoms in total. The minimum Gasteiger partial charge on any atom is -0.488 e. The highest BCUT2D eigenvalue weighted by atomic mass is 16.5. The van der Waals surface area contributed by atoms with Gasteiger partial charge in [-0.1, -0.05) is 6.07 Å². The zero-order valence-electron chi connectivity index (χ0n) is 9.86. The molecular formula is C14H13NO2. The molecular weight excluding hydrogens is 214 g/mol. The average molecular weight is 227 g/mol. The van der Waals surface area contributed by atoms with Gasteiger partial charge in [0.1, 0.15) is 12.4 Å². The summed E-state index contributed by atoms with van der Waals surface area (Å²) in [4.78, 5) is 12.4. The third-order valence-corrected chi connectivity index (χ3v) is 3.14. The van der Waals surface area contributed by atoms with Crippen LogP contribution in [0.1, 0.15) is 27.2 Å². The van der Waals surface area contributed by atoms with E-state index in [0.717, 1.165) is 16.8 Å². The van der Waals surface area contributed by atoms with Crippen molar-refractivity contribution in [3.8, 4) is 5.75 Å². The van der Waals surface area contributed by atoms with Gasteiger partial charge in [-0.15, -0.1) is 0 Å². The van der Waals surface area contributed by atoms with Crippen molar-refractivity contribution >= 4 is 5.78 Å². The van der Waals surface area contributed by atoms with Crippen LogP contribution in [0.25, 0.3) is 0 Å². The first-order chi connectivity index (χ1) is 8.16. The SMILES string of the molecule is Cc1ccc2c(c1)OCc1ccn(C)c1C2=O. The first kappa shape index (κ1) is 10.1. The molecule has 17 heavy (non-hydrogen) atoms. The van der Waals surface area contributed by atoms with E-state index in [1.807, 2.05) is 49.0 Å². The standard InChI is InChI=1S/C14H13NO2/c1-9-3-4-11-12(7-9)17-8-10-5-6-15(2)13(10)14(11)16/h3-7H,8H2,1-2H3. The summed E-state index contributed by atoms with van der Waals surface area (Å²) in [5, 5.41) is 0. The number of rotatable bonds is 0. The number of hydrogen-bond acceptors (Lipinski definition) is 2. The molecule has 0 bridgehead atoms. The fourth-order valence-electron chi connectivity index (χ4n) is 2.22. The van der Waals surface area contributed by atoms with Crippen LogP contribution in [0.5, 0.6) is 5.75 Å². The number of benzene rings is 1. The highest BCUT2D eigenvalue weighted by Gasteiger charge is 2.24. The first-order valence-corrected chi connectivity index (χ1v) is 5.59. The number of ether oxygens (including phenoxy) is 1. The molecule has 0 saturated carbocycles. The molecule has 0 N–H and O–H groups in total. The summed E-state index contributed by atoms with van der Waals surface area (Å²) in [6.07, 6.45) is 1.89. The first-order valence-electron chi connectivity index (χ1n) is 5.59. The van der Waals surface area contributed by atoms with Crippen molar-refractivity contribution in [2.75, 3.05) is 0 Å². The summed E-state index contributed by atoms with van der Waals surface area (Å²) in [5.41, 5.74) is 3.43. The minimum absolute atomic E-state index is 0.0417. The Hall–Kier alpha value is -2.03. The molecule has 2 aromatic rings. The van der Waals surface area contributed by atoms with Crippen molar-refractivity contribution in [1.29, 1.82) is 0 Å². The molecule has 86 valence electrons. The van der Waals surface area contributed by atoms with Crippen molar-refractivity contribution in [1.82, 2.24) is 4.57 Å². The number of fused-ring (bicyclic) bond motifs is 2. The predicted molar refractivity (Wildman–Crippen MR) is 64.4 cm³/mol. The fraction of sp³-hybridized carbons (Fsp3) is 0.214. The van der Waals surface area contributed by atoms with Crippen LogP contribution in [0.15, 0.2) is 30.5 Å². The lowest BCUT2D eigenvalue weighted by molar-refractivity contribution is 0.103. The van der Waals surface area contributed by atoms with Crippen LogP contribution in [0.2, 0.25) is 0 Å². The normalized spacial score (nSPS) is 13.6. The molecule has 1 aliphatic heterocycles. The average Bonchev–Trinajstić information content (AvgIpc) is 2.60. The Kier molecular flexibility index (Phi) is 2.08. The summed E-state index contributed by atoms with van der Waals surface area (Å²) >= 11 is 0. The maximum absolute atomic E-state index is 12.4. The maximum atomic E-state index is 12.4. The number of aromatic nitrogens is 1.